The molecule has 4 rings (SSSR count). The van der Waals surface area contributed by atoms with E-state index in [1.165, 1.54) is 0 Å². The Morgan fingerprint density at radius 3 is 2.62 bits per heavy atom. The van der Waals surface area contributed by atoms with Crippen LogP contribution in [0.1, 0.15) is 30.1 Å². The maximum atomic E-state index is 13.4. The highest BCUT2D eigenvalue weighted by molar-refractivity contribution is 5.53. The highest BCUT2D eigenvalue weighted by atomic mass is 19.1. The number of aryl methyl sites for hydroxylation is 1. The fraction of sp³-hybridized carbons (Fsp3) is 0.522. The van der Waals surface area contributed by atoms with E-state index in [4.69, 9.17) is 4.74 Å². The van der Waals surface area contributed by atoms with E-state index >= 15 is 0 Å². The molecule has 1 aromatic heterocycles. The molecule has 2 aromatic rings. The second-order valence-corrected chi connectivity index (χ2v) is 8.02. The number of halogens is 1. The zero-order chi connectivity index (χ0) is 20.1. The number of hydrogen-bond donors (Lipinski definition) is 1. The number of benzene rings is 1. The number of anilines is 1. The summed E-state index contributed by atoms with van der Waals surface area (Å²) in [7, 11) is 0. The van der Waals surface area contributed by atoms with Crippen molar-refractivity contribution in [3.63, 3.8) is 0 Å². The monoisotopic (exact) mass is 398 g/mol. The van der Waals surface area contributed by atoms with Crippen LogP contribution in [0.2, 0.25) is 0 Å². The second-order valence-electron chi connectivity index (χ2n) is 8.02. The molecule has 2 fully saturated rings. The van der Waals surface area contributed by atoms with Gasteiger partial charge in [0.05, 0.1) is 24.9 Å². The van der Waals surface area contributed by atoms with Gasteiger partial charge in [0.25, 0.3) is 0 Å². The zero-order valence-corrected chi connectivity index (χ0v) is 17.2. The molecule has 0 aliphatic carbocycles. The number of piperidine rings is 1. The quantitative estimate of drug-likeness (QED) is 0.810. The van der Waals surface area contributed by atoms with Gasteiger partial charge in [-0.25, -0.2) is 4.39 Å². The third-order valence-electron chi connectivity index (χ3n) is 6.11. The van der Waals surface area contributed by atoms with Crippen molar-refractivity contribution in [2.45, 2.75) is 31.8 Å². The average molecular weight is 399 g/mol. The van der Waals surface area contributed by atoms with Gasteiger partial charge in [0.2, 0.25) is 0 Å². The molecule has 6 heteroatoms. The molecular formula is C23H31FN4O. The highest BCUT2D eigenvalue weighted by Gasteiger charge is 2.26. The lowest BCUT2D eigenvalue weighted by Gasteiger charge is -2.38. The minimum atomic E-state index is -0.161. The van der Waals surface area contributed by atoms with Crippen molar-refractivity contribution < 1.29 is 9.13 Å². The minimum absolute atomic E-state index is 0.161. The van der Waals surface area contributed by atoms with Crippen LogP contribution in [0.25, 0.3) is 0 Å². The first-order chi connectivity index (χ1) is 14.2. The lowest BCUT2D eigenvalue weighted by Crippen LogP contribution is -2.47. The Morgan fingerprint density at radius 1 is 1.14 bits per heavy atom. The molecule has 1 N–H and O–H groups in total. The Labute approximate surface area is 172 Å². The lowest BCUT2D eigenvalue weighted by molar-refractivity contribution is 0.0146. The van der Waals surface area contributed by atoms with E-state index < -0.39 is 0 Å². The first-order valence-corrected chi connectivity index (χ1v) is 10.7. The molecule has 0 saturated carbocycles. The number of nitrogens with zero attached hydrogens (tertiary/aromatic N) is 3. The van der Waals surface area contributed by atoms with Crippen molar-refractivity contribution in [1.82, 2.24) is 15.2 Å². The van der Waals surface area contributed by atoms with Gasteiger partial charge < -0.3 is 15.0 Å². The molecule has 2 aliphatic rings. The highest BCUT2D eigenvalue weighted by Crippen LogP contribution is 2.25. The van der Waals surface area contributed by atoms with E-state index in [9.17, 15) is 4.39 Å². The first kappa shape index (κ1) is 20.3. The smallest absolute Gasteiger partial charge is 0.123 e. The molecule has 1 atom stereocenters. The first-order valence-electron chi connectivity index (χ1n) is 10.7. The van der Waals surface area contributed by atoms with E-state index in [0.29, 0.717) is 6.04 Å². The van der Waals surface area contributed by atoms with Gasteiger partial charge in [-0.15, -0.1) is 0 Å². The summed E-state index contributed by atoms with van der Waals surface area (Å²) in [6.45, 7) is 8.36. The van der Waals surface area contributed by atoms with Gasteiger partial charge in [-0.3, -0.25) is 9.88 Å². The maximum Gasteiger partial charge on any atom is 0.123 e. The number of rotatable bonds is 6. The molecule has 2 saturated heterocycles. The van der Waals surface area contributed by atoms with Gasteiger partial charge in [0.1, 0.15) is 5.82 Å². The number of ether oxygens (including phenoxy) is 1. The molecular weight excluding hydrogens is 367 g/mol. The van der Waals surface area contributed by atoms with Gasteiger partial charge in [0, 0.05) is 50.6 Å². The predicted octanol–water partition coefficient (Wildman–Crippen LogP) is 3.16. The Kier molecular flexibility index (Phi) is 6.74. The van der Waals surface area contributed by atoms with Gasteiger partial charge in [-0.2, -0.15) is 0 Å². The average Bonchev–Trinajstić information content (AvgIpc) is 2.76. The summed E-state index contributed by atoms with van der Waals surface area (Å²) in [5.41, 5.74) is 3.30. The van der Waals surface area contributed by atoms with Crippen LogP contribution in [-0.2, 0) is 4.74 Å². The van der Waals surface area contributed by atoms with Crippen LogP contribution < -0.4 is 10.2 Å². The minimum Gasteiger partial charge on any atom is -0.379 e. The van der Waals surface area contributed by atoms with E-state index in [0.717, 1.165) is 75.7 Å². The number of pyridine rings is 1. The van der Waals surface area contributed by atoms with E-state index in [1.54, 1.807) is 12.1 Å². The van der Waals surface area contributed by atoms with Crippen LogP contribution in [-0.4, -0.2) is 61.9 Å². The topological polar surface area (TPSA) is 40.6 Å². The SMILES string of the molecule is Cc1cc(F)ccc1N1CCC(NCC(c2ccccn2)N2CCOCC2)CC1. The zero-order valence-electron chi connectivity index (χ0n) is 17.2. The van der Waals surface area contributed by atoms with Crippen molar-refractivity contribution in [2.24, 2.45) is 0 Å². The summed E-state index contributed by atoms with van der Waals surface area (Å²) >= 11 is 0. The van der Waals surface area contributed by atoms with Gasteiger partial charge in [-0.05, 0) is 55.7 Å². The molecule has 0 amide bonds. The van der Waals surface area contributed by atoms with E-state index in [-0.39, 0.29) is 11.9 Å². The summed E-state index contributed by atoms with van der Waals surface area (Å²) in [4.78, 5) is 9.49. The number of aromatic nitrogens is 1. The van der Waals surface area contributed by atoms with Crippen LogP contribution in [0, 0.1) is 12.7 Å². The van der Waals surface area contributed by atoms with Crippen molar-refractivity contribution >= 4 is 5.69 Å². The Morgan fingerprint density at radius 2 is 1.93 bits per heavy atom. The van der Waals surface area contributed by atoms with Crippen LogP contribution in [0.15, 0.2) is 42.6 Å². The second kappa shape index (κ2) is 9.65. The standard InChI is InChI=1S/C23H31FN4O/c1-18-16-19(24)5-6-22(18)27-10-7-20(8-11-27)26-17-23(21-4-2-3-9-25-21)28-12-14-29-15-13-28/h2-6,9,16,20,23,26H,7-8,10-15,17H2,1H3. The molecule has 2 aliphatic heterocycles. The van der Waals surface area contributed by atoms with Gasteiger partial charge >= 0.3 is 0 Å². The molecule has 156 valence electrons. The van der Waals surface area contributed by atoms with Crippen LogP contribution in [0.3, 0.4) is 0 Å². The van der Waals surface area contributed by atoms with E-state index in [2.05, 4.69) is 32.2 Å². The third kappa shape index (κ3) is 5.13. The molecule has 3 heterocycles. The number of hydrogen-bond acceptors (Lipinski definition) is 5. The Hall–Kier alpha value is -2.02. The van der Waals surface area contributed by atoms with Gasteiger partial charge in [0.15, 0.2) is 0 Å². The molecule has 0 spiro atoms. The van der Waals surface area contributed by atoms with Gasteiger partial charge in [-0.1, -0.05) is 6.07 Å². The molecule has 1 aromatic carbocycles. The Balaban J connectivity index is 1.34. The number of nitrogens with one attached hydrogen (secondary N) is 1. The summed E-state index contributed by atoms with van der Waals surface area (Å²) in [5.74, 6) is -0.161. The fourth-order valence-corrected chi connectivity index (χ4v) is 4.46. The summed E-state index contributed by atoms with van der Waals surface area (Å²) in [5, 5.41) is 3.80. The summed E-state index contributed by atoms with van der Waals surface area (Å²) in [6.07, 6.45) is 4.07. The van der Waals surface area contributed by atoms with Crippen LogP contribution >= 0.6 is 0 Å². The Bertz CT molecular complexity index is 774. The summed E-state index contributed by atoms with van der Waals surface area (Å²) in [6, 6.07) is 12.0. The van der Waals surface area contributed by atoms with Crippen LogP contribution in [0.5, 0.6) is 0 Å². The molecule has 0 bridgehead atoms. The molecule has 0 radical (unpaired) electrons. The van der Waals surface area contributed by atoms with Crippen molar-refractivity contribution in [1.29, 1.82) is 0 Å². The lowest BCUT2D eigenvalue weighted by atomic mass is 10.0. The normalized spacial score (nSPS) is 20.0. The molecule has 29 heavy (non-hydrogen) atoms. The fourth-order valence-electron chi connectivity index (χ4n) is 4.46. The number of morpholine rings is 1. The largest absolute Gasteiger partial charge is 0.379 e. The van der Waals surface area contributed by atoms with Crippen molar-refractivity contribution in [3.05, 3.63) is 59.7 Å². The molecule has 5 nitrogen and oxygen atoms in total. The van der Waals surface area contributed by atoms with Crippen LogP contribution in [0.4, 0.5) is 10.1 Å². The predicted molar refractivity (Wildman–Crippen MR) is 114 cm³/mol. The maximum absolute atomic E-state index is 13.4. The molecule has 1 unspecified atom stereocenters. The third-order valence-corrected chi connectivity index (χ3v) is 6.11. The van der Waals surface area contributed by atoms with E-state index in [1.807, 2.05) is 25.3 Å². The van der Waals surface area contributed by atoms with Crippen molar-refractivity contribution in [2.75, 3.05) is 50.8 Å². The van der Waals surface area contributed by atoms with Crippen molar-refractivity contribution in [3.8, 4) is 0 Å². The summed E-state index contributed by atoms with van der Waals surface area (Å²) < 4.78 is 18.9.